The summed E-state index contributed by atoms with van der Waals surface area (Å²) in [6.45, 7) is 0. The number of aromatic amines is 1. The number of aromatic nitrogens is 2. The van der Waals surface area contributed by atoms with Gasteiger partial charge < -0.3 is 4.98 Å². The summed E-state index contributed by atoms with van der Waals surface area (Å²) in [4.78, 5) is 18.5. The van der Waals surface area contributed by atoms with Crippen LogP contribution >= 0.6 is 11.8 Å². The highest BCUT2D eigenvalue weighted by molar-refractivity contribution is 7.99. The standard InChI is InChI=1S/C10H12N4OS/c11-14-9(15)5-6-16-10-12-7-3-1-2-4-8(7)13-10/h1-4H,5-6,11H2,(H,12,13)(H,14,15). The largest absolute Gasteiger partial charge is 0.333 e. The molecule has 0 unspecified atom stereocenters. The molecule has 0 atom stereocenters. The minimum absolute atomic E-state index is 0.163. The average Bonchev–Trinajstić information content (AvgIpc) is 2.71. The van der Waals surface area contributed by atoms with Gasteiger partial charge in [0.1, 0.15) is 0 Å². The number of hydrazine groups is 1. The Labute approximate surface area is 96.8 Å². The summed E-state index contributed by atoms with van der Waals surface area (Å²) >= 11 is 1.51. The highest BCUT2D eigenvalue weighted by Gasteiger charge is 2.04. The first kappa shape index (κ1) is 11.0. The predicted octanol–water partition coefficient (Wildman–Crippen LogP) is 1.03. The van der Waals surface area contributed by atoms with Gasteiger partial charge in [-0.15, -0.1) is 0 Å². The molecule has 0 aliphatic heterocycles. The number of carbonyl (C=O) groups is 1. The number of H-pyrrole nitrogens is 1. The van der Waals surface area contributed by atoms with Crippen molar-refractivity contribution < 1.29 is 4.79 Å². The number of carbonyl (C=O) groups excluding carboxylic acids is 1. The van der Waals surface area contributed by atoms with Crippen LogP contribution in [0, 0.1) is 0 Å². The molecular weight excluding hydrogens is 224 g/mol. The first-order valence-corrected chi connectivity index (χ1v) is 5.85. The van der Waals surface area contributed by atoms with Crippen LogP contribution in [0.15, 0.2) is 29.4 Å². The topological polar surface area (TPSA) is 83.8 Å². The Bertz CT molecular complexity index is 463. The number of hydrogen-bond acceptors (Lipinski definition) is 4. The first-order valence-electron chi connectivity index (χ1n) is 4.86. The highest BCUT2D eigenvalue weighted by atomic mass is 32.2. The number of para-hydroxylation sites is 2. The lowest BCUT2D eigenvalue weighted by atomic mass is 10.3. The number of benzene rings is 1. The first-order chi connectivity index (χ1) is 7.79. The Balaban J connectivity index is 1.97. The highest BCUT2D eigenvalue weighted by Crippen LogP contribution is 2.19. The summed E-state index contributed by atoms with van der Waals surface area (Å²) in [6, 6.07) is 7.82. The molecule has 0 fully saturated rings. The van der Waals surface area contributed by atoms with Gasteiger partial charge in [0.25, 0.3) is 0 Å². The van der Waals surface area contributed by atoms with E-state index in [1.54, 1.807) is 0 Å². The van der Waals surface area contributed by atoms with Gasteiger partial charge in [-0.3, -0.25) is 10.2 Å². The molecule has 0 saturated carbocycles. The van der Waals surface area contributed by atoms with Crippen molar-refractivity contribution >= 4 is 28.7 Å². The normalized spacial score (nSPS) is 10.6. The third-order valence-electron chi connectivity index (χ3n) is 2.10. The molecule has 0 radical (unpaired) electrons. The van der Waals surface area contributed by atoms with E-state index in [2.05, 4.69) is 15.4 Å². The van der Waals surface area contributed by atoms with E-state index in [9.17, 15) is 4.79 Å². The maximum absolute atomic E-state index is 10.9. The predicted molar refractivity (Wildman–Crippen MR) is 63.8 cm³/mol. The molecule has 1 heterocycles. The SMILES string of the molecule is NNC(=O)CCSc1nc2ccccc2[nH]1. The van der Waals surface area contributed by atoms with Crippen LogP contribution in [0.5, 0.6) is 0 Å². The molecule has 0 aliphatic rings. The fourth-order valence-electron chi connectivity index (χ4n) is 1.31. The van der Waals surface area contributed by atoms with Crippen LogP contribution < -0.4 is 11.3 Å². The molecule has 0 aliphatic carbocycles. The maximum atomic E-state index is 10.9. The molecule has 2 rings (SSSR count). The van der Waals surface area contributed by atoms with Gasteiger partial charge in [-0.25, -0.2) is 10.8 Å². The van der Waals surface area contributed by atoms with Crippen LogP contribution in [0.4, 0.5) is 0 Å². The van der Waals surface area contributed by atoms with E-state index >= 15 is 0 Å². The number of imidazole rings is 1. The van der Waals surface area contributed by atoms with Gasteiger partial charge >= 0.3 is 0 Å². The van der Waals surface area contributed by atoms with Crippen molar-refractivity contribution in [3.63, 3.8) is 0 Å². The fraction of sp³-hybridized carbons (Fsp3) is 0.200. The minimum atomic E-state index is -0.163. The lowest BCUT2D eigenvalue weighted by Crippen LogP contribution is -2.30. The number of nitrogens with zero attached hydrogens (tertiary/aromatic N) is 1. The molecule has 16 heavy (non-hydrogen) atoms. The van der Waals surface area contributed by atoms with Crippen molar-refractivity contribution in [3.8, 4) is 0 Å². The van der Waals surface area contributed by atoms with E-state index in [1.807, 2.05) is 24.3 Å². The average molecular weight is 236 g/mol. The molecule has 5 nitrogen and oxygen atoms in total. The molecular formula is C10H12N4OS. The van der Waals surface area contributed by atoms with Crippen LogP contribution in [-0.2, 0) is 4.79 Å². The van der Waals surface area contributed by atoms with E-state index in [1.165, 1.54) is 11.8 Å². The molecule has 4 N–H and O–H groups in total. The Morgan fingerprint density at radius 2 is 2.31 bits per heavy atom. The van der Waals surface area contributed by atoms with E-state index in [-0.39, 0.29) is 5.91 Å². The minimum Gasteiger partial charge on any atom is -0.333 e. The second-order valence-corrected chi connectivity index (χ2v) is 4.31. The summed E-state index contributed by atoms with van der Waals surface area (Å²) in [5.74, 6) is 5.47. The fourth-order valence-corrected chi connectivity index (χ4v) is 2.14. The number of nitrogens with two attached hydrogens (primary N) is 1. The third-order valence-corrected chi connectivity index (χ3v) is 2.97. The summed E-state index contributed by atoms with van der Waals surface area (Å²) in [7, 11) is 0. The monoisotopic (exact) mass is 236 g/mol. The van der Waals surface area contributed by atoms with Gasteiger partial charge in [0.15, 0.2) is 5.16 Å². The van der Waals surface area contributed by atoms with E-state index in [0.717, 1.165) is 16.2 Å². The Morgan fingerprint density at radius 3 is 3.06 bits per heavy atom. The Morgan fingerprint density at radius 1 is 1.50 bits per heavy atom. The zero-order valence-corrected chi connectivity index (χ0v) is 9.38. The van der Waals surface area contributed by atoms with Gasteiger partial charge in [-0.1, -0.05) is 23.9 Å². The van der Waals surface area contributed by atoms with E-state index < -0.39 is 0 Å². The van der Waals surface area contributed by atoms with Crippen molar-refractivity contribution in [3.05, 3.63) is 24.3 Å². The second kappa shape index (κ2) is 5.00. The molecule has 0 saturated heterocycles. The summed E-state index contributed by atoms with van der Waals surface area (Å²) in [5, 5.41) is 0.825. The van der Waals surface area contributed by atoms with Crippen LogP contribution in [0.1, 0.15) is 6.42 Å². The zero-order chi connectivity index (χ0) is 11.4. The van der Waals surface area contributed by atoms with E-state index in [4.69, 9.17) is 5.84 Å². The summed E-state index contributed by atoms with van der Waals surface area (Å²) in [5.41, 5.74) is 4.04. The van der Waals surface area contributed by atoms with Gasteiger partial charge in [0.2, 0.25) is 5.91 Å². The van der Waals surface area contributed by atoms with Gasteiger partial charge in [0, 0.05) is 12.2 Å². The zero-order valence-electron chi connectivity index (χ0n) is 8.56. The maximum Gasteiger partial charge on any atom is 0.234 e. The number of rotatable bonds is 4. The molecule has 1 amide bonds. The van der Waals surface area contributed by atoms with Crippen LogP contribution in [0.25, 0.3) is 11.0 Å². The molecule has 1 aromatic carbocycles. The molecule has 2 aromatic rings. The number of nitrogens with one attached hydrogen (secondary N) is 2. The molecule has 6 heteroatoms. The van der Waals surface area contributed by atoms with Crippen LogP contribution in [0.2, 0.25) is 0 Å². The van der Waals surface area contributed by atoms with Crippen molar-refractivity contribution in [2.24, 2.45) is 5.84 Å². The Hall–Kier alpha value is -1.53. The van der Waals surface area contributed by atoms with Crippen molar-refractivity contribution in [1.82, 2.24) is 15.4 Å². The van der Waals surface area contributed by atoms with Gasteiger partial charge in [-0.05, 0) is 12.1 Å². The molecule has 0 bridgehead atoms. The molecule has 1 aromatic heterocycles. The van der Waals surface area contributed by atoms with Crippen LogP contribution in [-0.4, -0.2) is 21.6 Å². The Kier molecular flexibility index (Phi) is 3.43. The van der Waals surface area contributed by atoms with Crippen molar-refractivity contribution in [2.75, 3.05) is 5.75 Å². The number of hydrogen-bond donors (Lipinski definition) is 3. The lowest BCUT2D eigenvalue weighted by molar-refractivity contribution is -0.120. The molecule has 84 valence electrons. The third kappa shape index (κ3) is 2.53. The quantitative estimate of drug-likeness (QED) is 0.320. The molecule has 0 spiro atoms. The van der Waals surface area contributed by atoms with E-state index in [0.29, 0.717) is 12.2 Å². The van der Waals surface area contributed by atoms with Crippen molar-refractivity contribution in [1.29, 1.82) is 0 Å². The van der Waals surface area contributed by atoms with Gasteiger partial charge in [0.05, 0.1) is 11.0 Å². The number of thioether (sulfide) groups is 1. The second-order valence-electron chi connectivity index (χ2n) is 3.23. The van der Waals surface area contributed by atoms with Crippen molar-refractivity contribution in [2.45, 2.75) is 11.6 Å². The number of amides is 1. The van der Waals surface area contributed by atoms with Gasteiger partial charge in [-0.2, -0.15) is 0 Å². The number of fused-ring (bicyclic) bond motifs is 1. The summed E-state index contributed by atoms with van der Waals surface area (Å²) < 4.78 is 0. The van der Waals surface area contributed by atoms with Crippen LogP contribution in [0.3, 0.4) is 0 Å². The lowest BCUT2D eigenvalue weighted by Gasteiger charge is -1.96. The summed E-state index contributed by atoms with van der Waals surface area (Å²) in [6.07, 6.45) is 0.387. The smallest absolute Gasteiger partial charge is 0.234 e.